The van der Waals surface area contributed by atoms with E-state index in [4.69, 9.17) is 28.6 Å². The predicted molar refractivity (Wildman–Crippen MR) is 94.6 cm³/mol. The van der Waals surface area contributed by atoms with E-state index >= 15 is 0 Å². The van der Waals surface area contributed by atoms with E-state index in [1.54, 1.807) is 13.3 Å². The van der Waals surface area contributed by atoms with Gasteiger partial charge in [0.05, 0.1) is 6.21 Å². The molecule has 114 valence electrons. The fourth-order valence-corrected chi connectivity index (χ4v) is 1.89. The number of ether oxygens (including phenoxy) is 1. The van der Waals surface area contributed by atoms with Crippen molar-refractivity contribution in [2.24, 2.45) is 5.10 Å². The summed E-state index contributed by atoms with van der Waals surface area (Å²) < 4.78 is 5.71. The van der Waals surface area contributed by atoms with Gasteiger partial charge in [0.15, 0.2) is 5.11 Å². The second-order valence-electron chi connectivity index (χ2n) is 4.40. The maximum atomic E-state index is 6.09. The van der Waals surface area contributed by atoms with Gasteiger partial charge in [-0.25, -0.2) is 0 Å². The number of rotatable bonds is 5. The third-order valence-electron chi connectivity index (χ3n) is 2.84. The molecule has 0 fully saturated rings. The van der Waals surface area contributed by atoms with Crippen molar-refractivity contribution in [3.05, 3.63) is 64.7 Å². The average molecular weight is 334 g/mol. The summed E-state index contributed by atoms with van der Waals surface area (Å²) in [5, 5.41) is 7.96. The molecule has 2 rings (SSSR count). The van der Waals surface area contributed by atoms with E-state index in [1.165, 1.54) is 0 Å². The number of hydrogen-bond acceptors (Lipinski definition) is 3. The molecule has 0 spiro atoms. The first kappa shape index (κ1) is 16.3. The lowest BCUT2D eigenvalue weighted by Gasteiger charge is -2.07. The van der Waals surface area contributed by atoms with Crippen LogP contribution in [0.3, 0.4) is 0 Å². The van der Waals surface area contributed by atoms with Crippen LogP contribution < -0.4 is 15.5 Å². The van der Waals surface area contributed by atoms with Crippen molar-refractivity contribution >= 4 is 35.1 Å². The quantitative estimate of drug-likeness (QED) is 0.500. The van der Waals surface area contributed by atoms with Crippen molar-refractivity contribution in [2.45, 2.75) is 6.61 Å². The van der Waals surface area contributed by atoms with E-state index in [0.29, 0.717) is 16.7 Å². The third-order valence-corrected chi connectivity index (χ3v) is 3.50. The molecule has 2 N–H and O–H groups in total. The number of thiocarbonyl (C=S) groups is 1. The van der Waals surface area contributed by atoms with E-state index in [0.717, 1.165) is 16.9 Å². The minimum Gasteiger partial charge on any atom is -0.489 e. The first-order chi connectivity index (χ1) is 10.7. The van der Waals surface area contributed by atoms with Crippen molar-refractivity contribution in [3.63, 3.8) is 0 Å². The molecule has 2 aromatic rings. The smallest absolute Gasteiger partial charge is 0.186 e. The minimum atomic E-state index is 0.436. The zero-order chi connectivity index (χ0) is 15.8. The Labute approximate surface area is 140 Å². The lowest BCUT2D eigenvalue weighted by atomic mass is 10.2. The van der Waals surface area contributed by atoms with Gasteiger partial charge in [0.2, 0.25) is 0 Å². The molecule has 6 heteroatoms. The lowest BCUT2D eigenvalue weighted by Crippen LogP contribution is -2.28. The van der Waals surface area contributed by atoms with E-state index in [9.17, 15) is 0 Å². The van der Waals surface area contributed by atoms with Crippen LogP contribution in [0.1, 0.15) is 11.1 Å². The maximum absolute atomic E-state index is 6.09. The Balaban J connectivity index is 1.89. The number of halogens is 1. The van der Waals surface area contributed by atoms with Gasteiger partial charge in [0.25, 0.3) is 0 Å². The topological polar surface area (TPSA) is 45.7 Å². The summed E-state index contributed by atoms with van der Waals surface area (Å²) in [6.07, 6.45) is 1.68. The number of hydrogen-bond donors (Lipinski definition) is 2. The monoisotopic (exact) mass is 333 g/mol. The van der Waals surface area contributed by atoms with Gasteiger partial charge in [-0.15, -0.1) is 0 Å². The SMILES string of the molecule is CNC(=S)N/N=C\c1ccc(OCc2ccccc2Cl)cc1. The Kier molecular flexibility index (Phi) is 6.18. The molecule has 0 heterocycles. The Morgan fingerprint density at radius 2 is 1.95 bits per heavy atom. The molecule has 0 bridgehead atoms. The molecule has 0 aliphatic rings. The molecule has 0 radical (unpaired) electrons. The molecule has 0 unspecified atom stereocenters. The first-order valence-electron chi connectivity index (χ1n) is 6.66. The van der Waals surface area contributed by atoms with E-state index in [1.807, 2.05) is 48.5 Å². The zero-order valence-corrected chi connectivity index (χ0v) is 13.6. The van der Waals surface area contributed by atoms with E-state index in [2.05, 4.69) is 15.8 Å². The van der Waals surface area contributed by atoms with Crippen LogP contribution in [0.25, 0.3) is 0 Å². The summed E-state index contributed by atoms with van der Waals surface area (Å²) in [7, 11) is 1.73. The summed E-state index contributed by atoms with van der Waals surface area (Å²) in [5.74, 6) is 0.774. The Bertz CT molecular complexity index is 659. The van der Waals surface area contributed by atoms with Gasteiger partial charge in [-0.2, -0.15) is 5.10 Å². The fourth-order valence-electron chi connectivity index (χ4n) is 1.65. The van der Waals surface area contributed by atoms with Crippen LogP contribution in [0.15, 0.2) is 53.6 Å². The van der Waals surface area contributed by atoms with Gasteiger partial charge < -0.3 is 10.1 Å². The van der Waals surface area contributed by atoms with Gasteiger partial charge in [-0.1, -0.05) is 29.8 Å². The Morgan fingerprint density at radius 3 is 2.64 bits per heavy atom. The Morgan fingerprint density at radius 1 is 1.23 bits per heavy atom. The predicted octanol–water partition coefficient (Wildman–Crippen LogP) is 3.35. The summed E-state index contributed by atoms with van der Waals surface area (Å²) in [4.78, 5) is 0. The Hall–Kier alpha value is -2.11. The van der Waals surface area contributed by atoms with Crippen molar-refractivity contribution in [2.75, 3.05) is 7.05 Å². The highest BCUT2D eigenvalue weighted by Gasteiger charge is 2.00. The molecule has 2 aromatic carbocycles. The van der Waals surface area contributed by atoms with Crippen molar-refractivity contribution in [1.82, 2.24) is 10.7 Å². The molecule has 22 heavy (non-hydrogen) atoms. The van der Waals surface area contributed by atoms with E-state index < -0.39 is 0 Å². The molecular formula is C16H16ClN3OS. The van der Waals surface area contributed by atoms with Gasteiger partial charge in [-0.05, 0) is 48.1 Å². The van der Waals surface area contributed by atoms with Crippen LogP contribution in [0, 0.1) is 0 Å². The molecule has 0 atom stereocenters. The largest absolute Gasteiger partial charge is 0.489 e. The standard InChI is InChI=1S/C16H16ClN3OS/c1-18-16(22)20-19-10-12-6-8-14(9-7-12)21-11-13-4-2-3-5-15(13)17/h2-10H,11H2,1H3,(H2,18,20,22)/b19-10-. The molecule has 0 saturated carbocycles. The molecule has 0 amide bonds. The molecule has 0 saturated heterocycles. The summed E-state index contributed by atoms with van der Waals surface area (Å²) >= 11 is 11.0. The molecule has 0 aliphatic heterocycles. The molecular weight excluding hydrogens is 318 g/mol. The summed E-state index contributed by atoms with van der Waals surface area (Å²) in [5.41, 5.74) is 4.59. The van der Waals surface area contributed by atoms with Crippen LogP contribution >= 0.6 is 23.8 Å². The van der Waals surface area contributed by atoms with Gasteiger partial charge in [0.1, 0.15) is 12.4 Å². The van der Waals surface area contributed by atoms with Crippen LogP contribution in [0.2, 0.25) is 5.02 Å². The number of nitrogens with zero attached hydrogens (tertiary/aromatic N) is 1. The highest BCUT2D eigenvalue weighted by Crippen LogP contribution is 2.18. The average Bonchev–Trinajstić information content (AvgIpc) is 2.55. The van der Waals surface area contributed by atoms with E-state index in [-0.39, 0.29) is 0 Å². The van der Waals surface area contributed by atoms with Gasteiger partial charge in [0, 0.05) is 17.6 Å². The maximum Gasteiger partial charge on any atom is 0.186 e. The van der Waals surface area contributed by atoms with Crippen molar-refractivity contribution in [1.29, 1.82) is 0 Å². The summed E-state index contributed by atoms with van der Waals surface area (Å²) in [6, 6.07) is 15.2. The number of benzene rings is 2. The number of hydrazone groups is 1. The summed E-state index contributed by atoms with van der Waals surface area (Å²) in [6.45, 7) is 0.436. The van der Waals surface area contributed by atoms with Crippen LogP contribution in [-0.4, -0.2) is 18.4 Å². The molecule has 0 aliphatic carbocycles. The second-order valence-corrected chi connectivity index (χ2v) is 5.21. The second kappa shape index (κ2) is 8.36. The van der Waals surface area contributed by atoms with Crippen molar-refractivity contribution in [3.8, 4) is 5.75 Å². The lowest BCUT2D eigenvalue weighted by molar-refractivity contribution is 0.306. The van der Waals surface area contributed by atoms with Gasteiger partial charge >= 0.3 is 0 Å². The fraction of sp³-hybridized carbons (Fsp3) is 0.125. The molecule has 0 aromatic heterocycles. The zero-order valence-electron chi connectivity index (χ0n) is 12.0. The third kappa shape index (κ3) is 5.02. The van der Waals surface area contributed by atoms with Crippen LogP contribution in [0.4, 0.5) is 0 Å². The van der Waals surface area contributed by atoms with Gasteiger partial charge in [-0.3, -0.25) is 5.43 Å². The number of nitrogens with one attached hydrogen (secondary N) is 2. The van der Waals surface area contributed by atoms with Crippen molar-refractivity contribution < 1.29 is 4.74 Å². The normalized spacial score (nSPS) is 10.5. The first-order valence-corrected chi connectivity index (χ1v) is 7.44. The molecule has 4 nitrogen and oxygen atoms in total. The van der Waals surface area contributed by atoms with Crippen LogP contribution in [0.5, 0.6) is 5.75 Å². The highest BCUT2D eigenvalue weighted by molar-refractivity contribution is 7.80. The van der Waals surface area contributed by atoms with Crippen LogP contribution in [-0.2, 0) is 6.61 Å². The minimum absolute atomic E-state index is 0.436. The highest BCUT2D eigenvalue weighted by atomic mass is 35.5.